The van der Waals surface area contributed by atoms with Crippen molar-refractivity contribution >= 4 is 12.2 Å². The lowest BCUT2D eigenvalue weighted by Gasteiger charge is -2.19. The number of aliphatic hydroxyl groups excluding tert-OH is 2. The van der Waals surface area contributed by atoms with Gasteiger partial charge in [0.05, 0.1) is 19.6 Å². The summed E-state index contributed by atoms with van der Waals surface area (Å²) < 4.78 is 4.82. The number of rotatable bonds is 6. The molecule has 7 heteroatoms. The molecule has 2 atom stereocenters. The van der Waals surface area contributed by atoms with E-state index in [2.05, 4.69) is 0 Å². The zero-order chi connectivity index (χ0) is 14.6. The molecule has 1 rings (SSSR count). The van der Waals surface area contributed by atoms with E-state index in [4.69, 9.17) is 10.5 Å². The Morgan fingerprint density at radius 3 is 2.58 bits per heavy atom. The third kappa shape index (κ3) is 3.43. The van der Waals surface area contributed by atoms with Crippen molar-refractivity contribution in [1.29, 1.82) is 0 Å². The minimum atomic E-state index is -1.52. The van der Waals surface area contributed by atoms with Crippen LogP contribution in [-0.4, -0.2) is 40.7 Å². The van der Waals surface area contributed by atoms with Crippen LogP contribution >= 0.6 is 0 Å². The Morgan fingerprint density at radius 2 is 2.11 bits per heavy atom. The van der Waals surface area contributed by atoms with E-state index in [9.17, 15) is 24.9 Å². The van der Waals surface area contributed by atoms with Crippen LogP contribution in [0, 0.1) is 0 Å². The SMILES string of the molecule is COc1cc(C=O)c(C(O)C(O)CC(N)=O)cc1O. The van der Waals surface area contributed by atoms with E-state index >= 15 is 0 Å². The molecule has 1 aromatic carbocycles. The zero-order valence-corrected chi connectivity index (χ0v) is 10.2. The first-order chi connectivity index (χ1) is 8.90. The summed E-state index contributed by atoms with van der Waals surface area (Å²) >= 11 is 0. The number of hydrogen-bond donors (Lipinski definition) is 4. The van der Waals surface area contributed by atoms with Crippen molar-refractivity contribution in [2.45, 2.75) is 18.6 Å². The van der Waals surface area contributed by atoms with Gasteiger partial charge in [-0.25, -0.2) is 0 Å². The second kappa shape index (κ2) is 6.17. The van der Waals surface area contributed by atoms with Crippen molar-refractivity contribution in [3.63, 3.8) is 0 Å². The third-order valence-corrected chi connectivity index (χ3v) is 2.60. The molecule has 104 valence electrons. The number of primary amides is 1. The Kier molecular flexibility index (Phi) is 4.85. The van der Waals surface area contributed by atoms with Gasteiger partial charge in [0, 0.05) is 5.56 Å². The van der Waals surface area contributed by atoms with Gasteiger partial charge in [-0.1, -0.05) is 0 Å². The maximum atomic E-state index is 10.9. The van der Waals surface area contributed by atoms with E-state index in [0.29, 0.717) is 6.29 Å². The molecule has 0 aromatic heterocycles. The van der Waals surface area contributed by atoms with Crippen molar-refractivity contribution in [3.8, 4) is 11.5 Å². The van der Waals surface area contributed by atoms with Crippen LogP contribution in [0.2, 0.25) is 0 Å². The van der Waals surface area contributed by atoms with Crippen molar-refractivity contribution in [3.05, 3.63) is 23.3 Å². The molecule has 0 fully saturated rings. The van der Waals surface area contributed by atoms with E-state index in [1.165, 1.54) is 13.2 Å². The van der Waals surface area contributed by atoms with Gasteiger partial charge in [-0.3, -0.25) is 9.59 Å². The van der Waals surface area contributed by atoms with Crippen molar-refractivity contribution in [1.82, 2.24) is 0 Å². The minimum absolute atomic E-state index is 0.0120. The fourth-order valence-corrected chi connectivity index (χ4v) is 1.65. The van der Waals surface area contributed by atoms with Gasteiger partial charge in [0.15, 0.2) is 17.8 Å². The van der Waals surface area contributed by atoms with E-state index in [1.54, 1.807) is 0 Å². The zero-order valence-electron chi connectivity index (χ0n) is 10.2. The molecule has 0 radical (unpaired) electrons. The molecular formula is C12H15NO6. The molecule has 0 aliphatic heterocycles. The second-order valence-electron chi connectivity index (χ2n) is 3.95. The topological polar surface area (TPSA) is 130 Å². The van der Waals surface area contributed by atoms with Crippen LogP contribution in [0.25, 0.3) is 0 Å². The number of aldehydes is 1. The highest BCUT2D eigenvalue weighted by atomic mass is 16.5. The molecule has 0 spiro atoms. The van der Waals surface area contributed by atoms with Crippen LogP contribution in [0.4, 0.5) is 0 Å². The fraction of sp³-hybridized carbons (Fsp3) is 0.333. The average Bonchev–Trinajstić information content (AvgIpc) is 2.36. The summed E-state index contributed by atoms with van der Waals surface area (Å²) in [5.74, 6) is -1.03. The molecule has 0 heterocycles. The molecular weight excluding hydrogens is 254 g/mol. The lowest BCUT2D eigenvalue weighted by Crippen LogP contribution is -2.26. The number of phenols is 1. The Morgan fingerprint density at radius 1 is 1.47 bits per heavy atom. The Hall–Kier alpha value is -2.12. The smallest absolute Gasteiger partial charge is 0.220 e. The molecule has 2 unspecified atom stereocenters. The van der Waals surface area contributed by atoms with Gasteiger partial charge in [-0.15, -0.1) is 0 Å². The lowest BCUT2D eigenvalue weighted by molar-refractivity contribution is -0.121. The van der Waals surface area contributed by atoms with Crippen LogP contribution in [0.15, 0.2) is 12.1 Å². The van der Waals surface area contributed by atoms with E-state index in [0.717, 1.165) is 6.07 Å². The van der Waals surface area contributed by atoms with E-state index in [1.807, 2.05) is 0 Å². The monoisotopic (exact) mass is 269 g/mol. The molecule has 0 aliphatic rings. The summed E-state index contributed by atoms with van der Waals surface area (Å²) in [7, 11) is 1.31. The Bertz CT molecular complexity index is 487. The van der Waals surface area contributed by atoms with Crippen molar-refractivity contribution in [2.75, 3.05) is 7.11 Å². The second-order valence-corrected chi connectivity index (χ2v) is 3.95. The lowest BCUT2D eigenvalue weighted by atomic mass is 9.97. The first-order valence-corrected chi connectivity index (χ1v) is 5.41. The molecule has 0 saturated carbocycles. The number of benzene rings is 1. The van der Waals surface area contributed by atoms with Gasteiger partial charge in [0.1, 0.15) is 6.10 Å². The maximum absolute atomic E-state index is 10.9. The normalized spacial score (nSPS) is 13.6. The quantitative estimate of drug-likeness (QED) is 0.514. The van der Waals surface area contributed by atoms with Crippen LogP contribution in [0.3, 0.4) is 0 Å². The maximum Gasteiger partial charge on any atom is 0.220 e. The highest BCUT2D eigenvalue weighted by Gasteiger charge is 2.24. The summed E-state index contributed by atoms with van der Waals surface area (Å²) in [5, 5.41) is 29.1. The van der Waals surface area contributed by atoms with Gasteiger partial charge < -0.3 is 25.8 Å². The summed E-state index contributed by atoms with van der Waals surface area (Å²) in [6.07, 6.45) is -3.02. The number of carbonyl (C=O) groups is 2. The summed E-state index contributed by atoms with van der Waals surface area (Å²) in [6, 6.07) is 2.31. The molecule has 1 amide bonds. The van der Waals surface area contributed by atoms with Gasteiger partial charge in [0.25, 0.3) is 0 Å². The highest BCUT2D eigenvalue weighted by molar-refractivity contribution is 5.80. The standard InChI is InChI=1S/C12H15NO6/c1-19-10-2-6(5-14)7(3-8(10)15)12(18)9(16)4-11(13)17/h2-3,5,9,12,15-16,18H,4H2,1H3,(H2,13,17). The summed E-state index contributed by atoms with van der Waals surface area (Å²) in [5.41, 5.74) is 4.93. The molecule has 5 N–H and O–H groups in total. The number of nitrogens with two attached hydrogens (primary N) is 1. The van der Waals surface area contributed by atoms with Gasteiger partial charge >= 0.3 is 0 Å². The van der Waals surface area contributed by atoms with Crippen molar-refractivity contribution < 1.29 is 29.6 Å². The first-order valence-electron chi connectivity index (χ1n) is 5.41. The first kappa shape index (κ1) is 14.9. The van der Waals surface area contributed by atoms with Crippen LogP contribution in [-0.2, 0) is 4.79 Å². The number of amides is 1. The number of aliphatic hydroxyl groups is 2. The van der Waals surface area contributed by atoms with E-state index < -0.39 is 24.5 Å². The molecule has 7 nitrogen and oxygen atoms in total. The van der Waals surface area contributed by atoms with Crippen molar-refractivity contribution in [2.24, 2.45) is 5.73 Å². The predicted molar refractivity (Wildman–Crippen MR) is 64.8 cm³/mol. The Balaban J connectivity index is 3.14. The minimum Gasteiger partial charge on any atom is -0.504 e. The number of aromatic hydroxyl groups is 1. The molecule has 0 bridgehead atoms. The molecule has 0 saturated heterocycles. The fourth-order valence-electron chi connectivity index (χ4n) is 1.65. The number of carbonyl (C=O) groups excluding carboxylic acids is 2. The molecule has 0 aliphatic carbocycles. The van der Waals surface area contributed by atoms with Crippen LogP contribution in [0.1, 0.15) is 28.4 Å². The van der Waals surface area contributed by atoms with Gasteiger partial charge in [0.2, 0.25) is 5.91 Å². The number of phenolic OH excluding ortho intramolecular Hbond substituents is 1. The van der Waals surface area contributed by atoms with Gasteiger partial charge in [-0.2, -0.15) is 0 Å². The number of ether oxygens (including phenoxy) is 1. The molecule has 1 aromatic rings. The van der Waals surface area contributed by atoms with E-state index in [-0.39, 0.29) is 22.6 Å². The predicted octanol–water partition coefficient (Wildman–Crippen LogP) is -0.517. The van der Waals surface area contributed by atoms with Gasteiger partial charge in [-0.05, 0) is 17.7 Å². The summed E-state index contributed by atoms with van der Waals surface area (Å²) in [6.45, 7) is 0. The largest absolute Gasteiger partial charge is 0.504 e. The summed E-state index contributed by atoms with van der Waals surface area (Å²) in [4.78, 5) is 21.6. The number of methoxy groups -OCH3 is 1. The highest BCUT2D eigenvalue weighted by Crippen LogP contribution is 2.33. The Labute approximate surface area is 109 Å². The van der Waals surface area contributed by atoms with Crippen LogP contribution < -0.4 is 10.5 Å². The third-order valence-electron chi connectivity index (χ3n) is 2.60. The average molecular weight is 269 g/mol. The number of hydrogen-bond acceptors (Lipinski definition) is 6. The molecule has 19 heavy (non-hydrogen) atoms. The van der Waals surface area contributed by atoms with Crippen LogP contribution in [0.5, 0.6) is 11.5 Å².